The number of nitrogens with one attached hydrogen (secondary N) is 1. The Morgan fingerprint density at radius 2 is 2.25 bits per heavy atom. The van der Waals surface area contributed by atoms with Gasteiger partial charge in [-0.3, -0.25) is 4.98 Å². The molecule has 0 amide bonds. The Bertz CT molecular complexity index is 486. The van der Waals surface area contributed by atoms with Gasteiger partial charge in [-0.1, -0.05) is 0 Å². The molecule has 7 nitrogen and oxygen atoms in total. The van der Waals surface area contributed by atoms with Gasteiger partial charge in [0.15, 0.2) is 0 Å². The van der Waals surface area contributed by atoms with Crippen molar-refractivity contribution in [2.45, 2.75) is 0 Å². The van der Waals surface area contributed by atoms with E-state index in [9.17, 15) is 13.2 Å². The molecule has 0 unspecified atom stereocenters. The Hall–Kier alpha value is -1.67. The predicted molar refractivity (Wildman–Crippen MR) is 57.7 cm³/mol. The van der Waals surface area contributed by atoms with Crippen molar-refractivity contribution in [1.29, 1.82) is 0 Å². The molecule has 0 aliphatic rings. The molecule has 0 spiro atoms. The molecule has 0 fully saturated rings. The number of pyridine rings is 1. The number of hydrogen-bond donors (Lipinski definition) is 3. The Labute approximate surface area is 92.4 Å². The highest BCUT2D eigenvalue weighted by Gasteiger charge is 2.10. The van der Waals surface area contributed by atoms with Gasteiger partial charge in [-0.25, -0.2) is 18.4 Å². The maximum absolute atomic E-state index is 10.8. The lowest BCUT2D eigenvalue weighted by atomic mass is 10.2. The molecule has 0 saturated carbocycles. The maximum Gasteiger partial charge on any atom is 0.339 e. The van der Waals surface area contributed by atoms with E-state index in [1.807, 2.05) is 0 Å². The number of aromatic carboxylic acids is 1. The van der Waals surface area contributed by atoms with Gasteiger partial charge in [-0.2, -0.15) is 0 Å². The molecule has 0 aromatic carbocycles. The molecule has 88 valence electrons. The fourth-order valence-corrected chi connectivity index (χ4v) is 1.43. The third-order valence-corrected chi connectivity index (χ3v) is 2.53. The summed E-state index contributed by atoms with van der Waals surface area (Å²) in [5.41, 5.74) is 0.295. The number of carboxylic acid groups (broad SMARTS) is 1. The summed E-state index contributed by atoms with van der Waals surface area (Å²) in [6, 6.07) is 1.45. The molecule has 16 heavy (non-hydrogen) atoms. The predicted octanol–water partition coefficient (Wildman–Crippen LogP) is -0.520. The smallest absolute Gasteiger partial charge is 0.339 e. The van der Waals surface area contributed by atoms with Gasteiger partial charge in [0.05, 0.1) is 11.4 Å². The van der Waals surface area contributed by atoms with E-state index in [1.165, 1.54) is 18.5 Å². The van der Waals surface area contributed by atoms with Crippen LogP contribution in [0.25, 0.3) is 0 Å². The van der Waals surface area contributed by atoms with Crippen LogP contribution in [0.2, 0.25) is 0 Å². The van der Waals surface area contributed by atoms with Crippen LogP contribution in [0.5, 0.6) is 0 Å². The Morgan fingerprint density at radius 1 is 1.56 bits per heavy atom. The molecule has 0 bridgehead atoms. The van der Waals surface area contributed by atoms with E-state index >= 15 is 0 Å². The molecule has 0 radical (unpaired) electrons. The van der Waals surface area contributed by atoms with Crippen molar-refractivity contribution in [1.82, 2.24) is 4.98 Å². The average molecular weight is 245 g/mol. The summed E-state index contributed by atoms with van der Waals surface area (Å²) in [6.45, 7) is 0.0448. The number of anilines is 1. The standard InChI is InChI=1S/C8H11N3O4S/c9-16(14,15)4-3-11-7-1-2-10-5-6(7)8(12)13/h1-2,5H,3-4H2,(H,10,11)(H,12,13)(H2,9,14,15). The van der Waals surface area contributed by atoms with Gasteiger partial charge in [0.25, 0.3) is 0 Å². The summed E-state index contributed by atoms with van der Waals surface area (Å²) in [5, 5.41) is 16.3. The van der Waals surface area contributed by atoms with Gasteiger partial charge < -0.3 is 10.4 Å². The fourth-order valence-electron chi connectivity index (χ4n) is 1.05. The molecule has 1 heterocycles. The second-order valence-electron chi connectivity index (χ2n) is 3.02. The number of primary sulfonamides is 1. The van der Waals surface area contributed by atoms with E-state index in [-0.39, 0.29) is 17.9 Å². The van der Waals surface area contributed by atoms with Crippen molar-refractivity contribution in [2.24, 2.45) is 5.14 Å². The summed E-state index contributed by atoms with van der Waals surface area (Å²) < 4.78 is 21.3. The van der Waals surface area contributed by atoms with Crippen LogP contribution in [-0.2, 0) is 10.0 Å². The molecule has 0 aliphatic heterocycles. The quantitative estimate of drug-likeness (QED) is 0.641. The van der Waals surface area contributed by atoms with E-state index in [4.69, 9.17) is 10.2 Å². The number of hydrogen-bond acceptors (Lipinski definition) is 5. The van der Waals surface area contributed by atoms with Crippen molar-refractivity contribution in [3.8, 4) is 0 Å². The third kappa shape index (κ3) is 3.83. The first-order valence-corrected chi connectivity index (χ1v) is 6.03. The number of nitrogens with two attached hydrogens (primary N) is 1. The van der Waals surface area contributed by atoms with Crippen molar-refractivity contribution in [3.63, 3.8) is 0 Å². The van der Waals surface area contributed by atoms with Gasteiger partial charge in [-0.05, 0) is 6.07 Å². The van der Waals surface area contributed by atoms with Crippen molar-refractivity contribution < 1.29 is 18.3 Å². The Balaban J connectivity index is 2.71. The van der Waals surface area contributed by atoms with Crippen LogP contribution in [-0.4, -0.2) is 36.8 Å². The lowest BCUT2D eigenvalue weighted by molar-refractivity contribution is 0.0697. The first-order valence-electron chi connectivity index (χ1n) is 4.32. The molecule has 8 heteroatoms. The number of aromatic nitrogens is 1. The highest BCUT2D eigenvalue weighted by molar-refractivity contribution is 7.89. The summed E-state index contributed by atoms with van der Waals surface area (Å²) >= 11 is 0. The third-order valence-electron chi connectivity index (χ3n) is 1.75. The highest BCUT2D eigenvalue weighted by atomic mass is 32.2. The molecule has 0 atom stereocenters. The maximum atomic E-state index is 10.8. The number of nitrogens with zero attached hydrogens (tertiary/aromatic N) is 1. The van der Waals surface area contributed by atoms with E-state index in [1.54, 1.807) is 0 Å². The summed E-state index contributed by atoms with van der Waals surface area (Å²) in [5.74, 6) is -1.40. The van der Waals surface area contributed by atoms with Gasteiger partial charge in [0, 0.05) is 18.9 Å². The Kier molecular flexibility index (Phi) is 3.80. The van der Waals surface area contributed by atoms with Crippen molar-refractivity contribution in [2.75, 3.05) is 17.6 Å². The topological polar surface area (TPSA) is 122 Å². The van der Waals surface area contributed by atoms with Crippen LogP contribution < -0.4 is 10.5 Å². The van der Waals surface area contributed by atoms with Crippen molar-refractivity contribution in [3.05, 3.63) is 24.0 Å². The second-order valence-corrected chi connectivity index (χ2v) is 4.75. The van der Waals surface area contributed by atoms with Crippen LogP contribution >= 0.6 is 0 Å². The van der Waals surface area contributed by atoms with Crippen LogP contribution in [0.3, 0.4) is 0 Å². The van der Waals surface area contributed by atoms with Crippen LogP contribution in [0.4, 0.5) is 5.69 Å². The van der Waals surface area contributed by atoms with Crippen LogP contribution in [0.15, 0.2) is 18.5 Å². The summed E-state index contributed by atoms with van der Waals surface area (Å²) in [7, 11) is -3.55. The van der Waals surface area contributed by atoms with Gasteiger partial charge >= 0.3 is 5.97 Å². The number of sulfonamides is 1. The van der Waals surface area contributed by atoms with Gasteiger partial charge in [-0.15, -0.1) is 0 Å². The minimum absolute atomic E-state index is 0.0167. The van der Waals surface area contributed by atoms with Gasteiger partial charge in [0.1, 0.15) is 5.56 Å². The minimum Gasteiger partial charge on any atom is -0.478 e. The minimum atomic E-state index is -3.55. The molecule has 0 saturated heterocycles. The van der Waals surface area contributed by atoms with Gasteiger partial charge in [0.2, 0.25) is 10.0 Å². The molecule has 1 rings (SSSR count). The first kappa shape index (κ1) is 12.4. The van der Waals surface area contributed by atoms with E-state index in [0.717, 1.165) is 0 Å². The second kappa shape index (κ2) is 4.90. The number of rotatable bonds is 5. The molecule has 4 N–H and O–H groups in total. The summed E-state index contributed by atoms with van der Waals surface area (Å²) in [6.07, 6.45) is 2.59. The van der Waals surface area contributed by atoms with E-state index in [2.05, 4.69) is 10.3 Å². The lowest BCUT2D eigenvalue weighted by Crippen LogP contribution is -2.23. The highest BCUT2D eigenvalue weighted by Crippen LogP contribution is 2.12. The molecule has 1 aromatic rings. The van der Waals surface area contributed by atoms with Crippen LogP contribution in [0.1, 0.15) is 10.4 Å². The van der Waals surface area contributed by atoms with Crippen LogP contribution in [0, 0.1) is 0 Å². The van der Waals surface area contributed by atoms with E-state index in [0.29, 0.717) is 5.69 Å². The number of carboxylic acids is 1. The fraction of sp³-hybridized carbons (Fsp3) is 0.250. The summed E-state index contributed by atoms with van der Waals surface area (Å²) in [4.78, 5) is 14.4. The lowest BCUT2D eigenvalue weighted by Gasteiger charge is -2.07. The zero-order chi connectivity index (χ0) is 12.2. The molecule has 0 aliphatic carbocycles. The first-order chi connectivity index (χ1) is 7.40. The zero-order valence-electron chi connectivity index (χ0n) is 8.25. The monoisotopic (exact) mass is 245 g/mol. The van der Waals surface area contributed by atoms with Crippen molar-refractivity contribution >= 4 is 21.7 Å². The zero-order valence-corrected chi connectivity index (χ0v) is 9.07. The SMILES string of the molecule is NS(=O)(=O)CCNc1ccncc1C(=O)O. The average Bonchev–Trinajstić information content (AvgIpc) is 2.16. The molecular weight excluding hydrogens is 234 g/mol. The Morgan fingerprint density at radius 3 is 2.81 bits per heavy atom. The number of carbonyl (C=O) groups is 1. The molecular formula is C8H11N3O4S. The largest absolute Gasteiger partial charge is 0.478 e. The van der Waals surface area contributed by atoms with E-state index < -0.39 is 16.0 Å². The normalized spacial score (nSPS) is 11.1. The molecule has 1 aromatic heterocycles.